The van der Waals surface area contributed by atoms with E-state index in [-0.39, 0.29) is 17.1 Å². The fourth-order valence-corrected chi connectivity index (χ4v) is 5.03. The zero-order valence-corrected chi connectivity index (χ0v) is 20.1. The number of amides is 1. The molecule has 178 valence electrons. The molecule has 1 amide bonds. The fraction of sp³-hybridized carbons (Fsp3) is 0.370. The van der Waals surface area contributed by atoms with Crippen LogP contribution in [0.25, 0.3) is 0 Å². The lowest BCUT2D eigenvalue weighted by Crippen LogP contribution is -2.44. The van der Waals surface area contributed by atoms with Gasteiger partial charge in [0.15, 0.2) is 0 Å². The molecular formula is C27H29FN2O4. The summed E-state index contributed by atoms with van der Waals surface area (Å²) in [5, 5.41) is 2.85. The first-order chi connectivity index (χ1) is 16.1. The number of nitrogens with zero attached hydrogens (tertiary/aromatic N) is 1. The Bertz CT molecular complexity index is 1200. The number of ketones is 1. The summed E-state index contributed by atoms with van der Waals surface area (Å²) in [6, 6.07) is 11.0. The number of fused-ring (bicyclic) bond motifs is 1. The second-order valence-corrected chi connectivity index (χ2v) is 9.61. The van der Waals surface area contributed by atoms with Crippen molar-refractivity contribution < 1.29 is 23.5 Å². The highest BCUT2D eigenvalue weighted by molar-refractivity contribution is 6.14. The summed E-state index contributed by atoms with van der Waals surface area (Å²) in [4.78, 5) is 31.8. The highest BCUT2D eigenvalue weighted by Gasteiger charge is 2.48. The average molecular weight is 465 g/mol. The minimum absolute atomic E-state index is 0.0532. The Hall–Kier alpha value is -3.48. The summed E-state index contributed by atoms with van der Waals surface area (Å²) in [6.07, 6.45) is 1.07. The molecule has 34 heavy (non-hydrogen) atoms. The molecule has 2 aromatic rings. The maximum absolute atomic E-state index is 13.6. The number of carbonyl (C=O) groups is 2. The second-order valence-electron chi connectivity index (χ2n) is 9.61. The number of allylic oxidation sites excluding steroid dienone is 1. The van der Waals surface area contributed by atoms with Crippen LogP contribution in [0.3, 0.4) is 0 Å². The Labute approximate surface area is 198 Å². The van der Waals surface area contributed by atoms with E-state index in [0.717, 1.165) is 11.3 Å². The van der Waals surface area contributed by atoms with Crippen LogP contribution in [0.5, 0.6) is 11.5 Å². The van der Waals surface area contributed by atoms with Crippen molar-refractivity contribution in [2.45, 2.75) is 39.5 Å². The molecule has 0 aromatic heterocycles. The summed E-state index contributed by atoms with van der Waals surface area (Å²) in [5.74, 6) is -0.714. The van der Waals surface area contributed by atoms with Gasteiger partial charge in [-0.25, -0.2) is 4.39 Å². The van der Waals surface area contributed by atoms with Gasteiger partial charge >= 0.3 is 0 Å². The number of methoxy groups -OCH3 is 2. The first-order valence-electron chi connectivity index (χ1n) is 11.2. The van der Waals surface area contributed by atoms with Crippen LogP contribution in [0.4, 0.5) is 10.1 Å². The lowest BCUT2D eigenvalue weighted by Gasteiger charge is -2.41. The third kappa shape index (κ3) is 4.47. The van der Waals surface area contributed by atoms with Crippen molar-refractivity contribution in [1.29, 1.82) is 0 Å². The number of anilines is 1. The van der Waals surface area contributed by atoms with Gasteiger partial charge in [-0.2, -0.15) is 0 Å². The van der Waals surface area contributed by atoms with Gasteiger partial charge in [-0.05, 0) is 49.1 Å². The van der Waals surface area contributed by atoms with Gasteiger partial charge in [-0.15, -0.1) is 0 Å². The number of aliphatic imine (C=N–C) groups is 1. The number of hydrogen-bond acceptors (Lipinski definition) is 5. The maximum atomic E-state index is 13.6. The average Bonchev–Trinajstić information content (AvgIpc) is 2.78. The van der Waals surface area contributed by atoms with Gasteiger partial charge in [-0.1, -0.05) is 19.9 Å². The van der Waals surface area contributed by atoms with E-state index >= 15 is 0 Å². The molecule has 0 spiro atoms. The van der Waals surface area contributed by atoms with Crippen LogP contribution in [0.2, 0.25) is 0 Å². The summed E-state index contributed by atoms with van der Waals surface area (Å²) < 4.78 is 24.4. The molecule has 1 aliphatic heterocycles. The number of nitrogens with one attached hydrogen (secondary N) is 1. The van der Waals surface area contributed by atoms with Crippen molar-refractivity contribution in [2.75, 3.05) is 19.5 Å². The van der Waals surface area contributed by atoms with Crippen molar-refractivity contribution >= 4 is 23.1 Å². The Balaban J connectivity index is 1.85. The molecule has 1 N–H and O–H groups in total. The first-order valence-corrected chi connectivity index (χ1v) is 11.2. The van der Waals surface area contributed by atoms with E-state index in [1.54, 1.807) is 33.3 Å². The minimum Gasteiger partial charge on any atom is -0.497 e. The molecule has 2 aromatic carbocycles. The van der Waals surface area contributed by atoms with Crippen LogP contribution in [0, 0.1) is 17.2 Å². The lowest BCUT2D eigenvalue weighted by molar-refractivity contribution is -0.124. The molecule has 2 atom stereocenters. The number of rotatable bonds is 5. The highest BCUT2D eigenvalue weighted by Crippen LogP contribution is 2.49. The number of hydrogen-bond donors (Lipinski definition) is 1. The second kappa shape index (κ2) is 9.05. The molecule has 1 aliphatic carbocycles. The Morgan fingerprint density at radius 3 is 2.41 bits per heavy atom. The van der Waals surface area contributed by atoms with E-state index < -0.39 is 17.7 Å². The SMILES string of the molecule is COc1ccc([C@@H]2C(C(=O)Nc3ccc(F)cc3)=C(C)N=C3CC(C)(C)CC(=O)[C@@H]32)c(OC)c1. The van der Waals surface area contributed by atoms with E-state index in [1.165, 1.54) is 24.3 Å². The maximum Gasteiger partial charge on any atom is 0.254 e. The third-order valence-electron chi connectivity index (χ3n) is 6.49. The van der Waals surface area contributed by atoms with E-state index in [1.807, 2.05) is 6.07 Å². The fourth-order valence-electron chi connectivity index (χ4n) is 5.03. The van der Waals surface area contributed by atoms with E-state index in [0.29, 0.717) is 41.3 Å². The largest absolute Gasteiger partial charge is 0.497 e. The number of ether oxygens (including phenoxy) is 2. The van der Waals surface area contributed by atoms with Crippen molar-refractivity contribution in [3.05, 3.63) is 65.1 Å². The first kappa shape index (κ1) is 23.7. The van der Waals surface area contributed by atoms with E-state index in [4.69, 9.17) is 14.5 Å². The van der Waals surface area contributed by atoms with Crippen molar-refractivity contribution in [3.63, 3.8) is 0 Å². The molecule has 1 saturated carbocycles. The molecule has 0 unspecified atom stereocenters. The van der Waals surface area contributed by atoms with Gasteiger partial charge in [0, 0.05) is 46.6 Å². The number of benzene rings is 2. The van der Waals surface area contributed by atoms with Gasteiger partial charge in [-0.3, -0.25) is 14.6 Å². The molecule has 1 heterocycles. The smallest absolute Gasteiger partial charge is 0.254 e. The van der Waals surface area contributed by atoms with Crippen molar-refractivity contribution in [1.82, 2.24) is 0 Å². The summed E-state index contributed by atoms with van der Waals surface area (Å²) in [5.41, 5.74) is 2.72. The standard InChI is InChI=1S/C27H29FN2O4/c1-15-23(26(32)30-17-8-6-16(28)7-9-17)24(19-11-10-18(33-4)12-22(19)34-5)25-20(29-15)13-27(2,3)14-21(25)31/h6-12,24-25H,13-14H2,1-5H3,(H,30,32)/t24-,25-/m1/s1. The molecule has 1 fully saturated rings. The van der Waals surface area contributed by atoms with E-state index in [9.17, 15) is 14.0 Å². The lowest BCUT2D eigenvalue weighted by atomic mass is 9.63. The van der Waals surface area contributed by atoms with Crippen molar-refractivity contribution in [3.8, 4) is 11.5 Å². The van der Waals surface area contributed by atoms with Crippen LogP contribution < -0.4 is 14.8 Å². The molecule has 0 saturated heterocycles. The normalized spacial score (nSPS) is 21.5. The summed E-state index contributed by atoms with van der Waals surface area (Å²) in [7, 11) is 3.12. The molecule has 0 bridgehead atoms. The molecule has 7 heteroatoms. The van der Waals surface area contributed by atoms with Crippen molar-refractivity contribution in [2.24, 2.45) is 16.3 Å². The summed E-state index contributed by atoms with van der Waals surface area (Å²) >= 11 is 0. The minimum atomic E-state index is -0.572. The van der Waals surface area contributed by atoms with E-state index in [2.05, 4.69) is 19.2 Å². The van der Waals surface area contributed by atoms with Crippen LogP contribution in [-0.2, 0) is 9.59 Å². The number of Topliss-reactive ketones (excluding diaryl/α,β-unsaturated/α-hetero) is 1. The number of halogens is 1. The van der Waals surface area contributed by atoms with Gasteiger partial charge in [0.2, 0.25) is 0 Å². The molecule has 0 radical (unpaired) electrons. The van der Waals surface area contributed by atoms with Gasteiger partial charge in [0.1, 0.15) is 23.1 Å². The Morgan fingerprint density at radius 1 is 1.06 bits per heavy atom. The monoisotopic (exact) mass is 464 g/mol. The number of carbonyl (C=O) groups excluding carboxylic acids is 2. The predicted molar refractivity (Wildman–Crippen MR) is 129 cm³/mol. The zero-order valence-electron chi connectivity index (χ0n) is 20.1. The Morgan fingerprint density at radius 2 is 1.76 bits per heavy atom. The Kier molecular flexibility index (Phi) is 6.30. The quantitative estimate of drug-likeness (QED) is 0.652. The third-order valence-corrected chi connectivity index (χ3v) is 6.49. The highest BCUT2D eigenvalue weighted by atomic mass is 19.1. The molecule has 6 nitrogen and oxygen atoms in total. The van der Waals surface area contributed by atoms with Crippen LogP contribution in [0.15, 0.2) is 58.7 Å². The van der Waals surface area contributed by atoms with Gasteiger partial charge in [0.25, 0.3) is 5.91 Å². The van der Waals surface area contributed by atoms with Crippen LogP contribution in [0.1, 0.15) is 45.1 Å². The molecule has 2 aliphatic rings. The van der Waals surface area contributed by atoms with Crippen LogP contribution in [-0.4, -0.2) is 31.6 Å². The molecular weight excluding hydrogens is 435 g/mol. The van der Waals surface area contributed by atoms with Gasteiger partial charge in [0.05, 0.1) is 20.1 Å². The van der Waals surface area contributed by atoms with Gasteiger partial charge < -0.3 is 14.8 Å². The topological polar surface area (TPSA) is 77.0 Å². The molecule has 4 rings (SSSR count). The summed E-state index contributed by atoms with van der Waals surface area (Å²) in [6.45, 7) is 5.91. The van der Waals surface area contributed by atoms with Crippen LogP contribution >= 0.6 is 0 Å². The predicted octanol–water partition coefficient (Wildman–Crippen LogP) is 5.30. The zero-order chi connectivity index (χ0) is 24.6.